The number of rotatable bonds is 7. The van der Waals surface area contributed by atoms with Crippen molar-refractivity contribution in [1.82, 2.24) is 19.7 Å². The van der Waals surface area contributed by atoms with Gasteiger partial charge in [0.1, 0.15) is 18.2 Å². The highest BCUT2D eigenvalue weighted by molar-refractivity contribution is 5.47. The fourth-order valence-corrected chi connectivity index (χ4v) is 1.80. The molecule has 0 aliphatic heterocycles. The van der Waals surface area contributed by atoms with Gasteiger partial charge in [-0.3, -0.25) is 4.68 Å². The zero-order chi connectivity index (χ0) is 14.4. The minimum atomic E-state index is 0.391. The first-order chi connectivity index (χ1) is 9.71. The molecule has 2 aromatic heterocycles. The van der Waals surface area contributed by atoms with Crippen LogP contribution in [0.15, 0.2) is 18.5 Å². The monoisotopic (exact) mass is 276 g/mol. The first kappa shape index (κ1) is 14.3. The lowest BCUT2D eigenvalue weighted by Gasteiger charge is -2.09. The van der Waals surface area contributed by atoms with E-state index in [4.69, 9.17) is 4.74 Å². The summed E-state index contributed by atoms with van der Waals surface area (Å²) in [6.45, 7) is 3.94. The van der Waals surface area contributed by atoms with E-state index in [0.717, 1.165) is 30.3 Å². The number of ether oxygens (including phenoxy) is 1. The molecular weight excluding hydrogens is 256 g/mol. The number of aromatic nitrogens is 4. The van der Waals surface area contributed by atoms with E-state index < -0.39 is 0 Å². The Morgan fingerprint density at radius 3 is 2.75 bits per heavy atom. The van der Waals surface area contributed by atoms with Gasteiger partial charge in [-0.2, -0.15) is 5.10 Å². The third kappa shape index (κ3) is 3.92. The SMILES string of the molecule is CNc1cc(NCCn2cc(C)cn2)nc(COC)n1. The number of anilines is 2. The van der Waals surface area contributed by atoms with Crippen molar-refractivity contribution in [3.05, 3.63) is 29.8 Å². The Morgan fingerprint density at radius 2 is 2.10 bits per heavy atom. The van der Waals surface area contributed by atoms with Crippen LogP contribution < -0.4 is 10.6 Å². The normalized spacial score (nSPS) is 10.6. The summed E-state index contributed by atoms with van der Waals surface area (Å²) in [6.07, 6.45) is 3.86. The molecule has 0 amide bonds. The molecule has 0 saturated carbocycles. The molecule has 20 heavy (non-hydrogen) atoms. The lowest BCUT2D eigenvalue weighted by Crippen LogP contribution is -2.13. The summed E-state index contributed by atoms with van der Waals surface area (Å²) in [5.74, 6) is 2.20. The molecule has 7 heteroatoms. The van der Waals surface area contributed by atoms with E-state index in [1.807, 2.05) is 37.1 Å². The zero-order valence-corrected chi connectivity index (χ0v) is 12.1. The molecule has 0 atom stereocenters. The second-order valence-corrected chi connectivity index (χ2v) is 4.45. The fraction of sp³-hybridized carbons (Fsp3) is 0.462. The molecule has 0 aliphatic rings. The number of nitrogens with one attached hydrogen (secondary N) is 2. The molecule has 0 fully saturated rings. The van der Waals surface area contributed by atoms with Crippen LogP contribution in [0.2, 0.25) is 0 Å². The molecule has 0 spiro atoms. The van der Waals surface area contributed by atoms with Crippen LogP contribution in [-0.2, 0) is 17.9 Å². The number of methoxy groups -OCH3 is 1. The van der Waals surface area contributed by atoms with Crippen molar-refractivity contribution in [3.8, 4) is 0 Å². The molecule has 0 unspecified atom stereocenters. The minimum absolute atomic E-state index is 0.391. The van der Waals surface area contributed by atoms with Crippen LogP contribution in [0.4, 0.5) is 11.6 Å². The Bertz CT molecular complexity index is 554. The molecule has 7 nitrogen and oxygen atoms in total. The lowest BCUT2D eigenvalue weighted by atomic mass is 10.4. The van der Waals surface area contributed by atoms with Gasteiger partial charge in [0, 0.05) is 33.0 Å². The van der Waals surface area contributed by atoms with Crippen molar-refractivity contribution in [3.63, 3.8) is 0 Å². The maximum absolute atomic E-state index is 5.06. The van der Waals surface area contributed by atoms with Gasteiger partial charge in [-0.05, 0) is 12.5 Å². The van der Waals surface area contributed by atoms with Crippen LogP contribution in [-0.4, -0.2) is 40.5 Å². The van der Waals surface area contributed by atoms with E-state index in [9.17, 15) is 0 Å². The summed E-state index contributed by atoms with van der Waals surface area (Å²) < 4.78 is 6.97. The summed E-state index contributed by atoms with van der Waals surface area (Å²) in [4.78, 5) is 8.70. The molecule has 0 radical (unpaired) electrons. The van der Waals surface area contributed by atoms with Crippen molar-refractivity contribution in [1.29, 1.82) is 0 Å². The van der Waals surface area contributed by atoms with Gasteiger partial charge in [0.15, 0.2) is 5.82 Å². The molecule has 2 rings (SSSR count). The minimum Gasteiger partial charge on any atom is -0.377 e. The number of hydrogen-bond donors (Lipinski definition) is 2. The van der Waals surface area contributed by atoms with Gasteiger partial charge in [0.2, 0.25) is 0 Å². The van der Waals surface area contributed by atoms with Crippen LogP contribution >= 0.6 is 0 Å². The van der Waals surface area contributed by atoms with Crippen LogP contribution in [0.3, 0.4) is 0 Å². The molecule has 0 aromatic carbocycles. The smallest absolute Gasteiger partial charge is 0.158 e. The van der Waals surface area contributed by atoms with Crippen molar-refractivity contribution < 1.29 is 4.74 Å². The molecule has 0 saturated heterocycles. The topological polar surface area (TPSA) is 76.9 Å². The predicted molar refractivity (Wildman–Crippen MR) is 77.7 cm³/mol. The van der Waals surface area contributed by atoms with Crippen molar-refractivity contribution in [2.75, 3.05) is 31.3 Å². The standard InChI is InChI=1S/C13H20N6O/c1-10-7-16-19(8-10)5-4-15-12-6-11(14-2)17-13(18-12)9-20-3/h6-8H,4-5,9H2,1-3H3,(H2,14,15,17,18). The third-order valence-electron chi connectivity index (χ3n) is 2.71. The second-order valence-electron chi connectivity index (χ2n) is 4.45. The number of aryl methyl sites for hydroxylation is 1. The summed E-state index contributed by atoms with van der Waals surface area (Å²) in [5.41, 5.74) is 1.16. The quantitative estimate of drug-likeness (QED) is 0.793. The molecule has 0 bridgehead atoms. The molecule has 108 valence electrons. The third-order valence-corrected chi connectivity index (χ3v) is 2.71. The molecular formula is C13H20N6O. The zero-order valence-electron chi connectivity index (χ0n) is 12.1. The van der Waals surface area contributed by atoms with Crippen molar-refractivity contribution in [2.24, 2.45) is 0 Å². The predicted octanol–water partition coefficient (Wildman–Crippen LogP) is 1.28. The fourth-order valence-electron chi connectivity index (χ4n) is 1.80. The van der Waals surface area contributed by atoms with E-state index in [0.29, 0.717) is 12.4 Å². The van der Waals surface area contributed by atoms with E-state index >= 15 is 0 Å². The maximum atomic E-state index is 5.06. The van der Waals surface area contributed by atoms with Gasteiger partial charge in [0.25, 0.3) is 0 Å². The number of hydrogen-bond acceptors (Lipinski definition) is 6. The van der Waals surface area contributed by atoms with E-state index in [-0.39, 0.29) is 0 Å². The summed E-state index contributed by atoms with van der Waals surface area (Å²) in [5, 5.41) is 10.5. The lowest BCUT2D eigenvalue weighted by molar-refractivity contribution is 0.178. The van der Waals surface area contributed by atoms with Gasteiger partial charge in [-0.15, -0.1) is 0 Å². The number of nitrogens with zero attached hydrogens (tertiary/aromatic N) is 4. The molecule has 0 aliphatic carbocycles. The van der Waals surface area contributed by atoms with Crippen LogP contribution in [0, 0.1) is 6.92 Å². The van der Waals surface area contributed by atoms with Gasteiger partial charge in [0.05, 0.1) is 12.7 Å². The van der Waals surface area contributed by atoms with Gasteiger partial charge in [-0.25, -0.2) is 9.97 Å². The average molecular weight is 276 g/mol. The summed E-state index contributed by atoms with van der Waals surface area (Å²) in [7, 11) is 3.46. The Morgan fingerprint density at radius 1 is 1.30 bits per heavy atom. The Balaban J connectivity index is 1.95. The highest BCUT2D eigenvalue weighted by Gasteiger charge is 2.03. The van der Waals surface area contributed by atoms with Gasteiger partial charge in [-0.1, -0.05) is 0 Å². The van der Waals surface area contributed by atoms with E-state index in [1.54, 1.807) is 7.11 Å². The Kier molecular flexibility index (Phi) is 4.89. The van der Waals surface area contributed by atoms with Crippen molar-refractivity contribution in [2.45, 2.75) is 20.1 Å². The van der Waals surface area contributed by atoms with Gasteiger partial charge >= 0.3 is 0 Å². The molecule has 2 aromatic rings. The Hall–Kier alpha value is -2.15. The molecule has 2 N–H and O–H groups in total. The second kappa shape index (κ2) is 6.85. The average Bonchev–Trinajstić information content (AvgIpc) is 2.84. The van der Waals surface area contributed by atoms with E-state index in [1.165, 1.54) is 0 Å². The molecule has 2 heterocycles. The Labute approximate surface area is 118 Å². The van der Waals surface area contributed by atoms with Gasteiger partial charge < -0.3 is 15.4 Å². The summed E-state index contributed by atoms with van der Waals surface area (Å²) >= 11 is 0. The van der Waals surface area contributed by atoms with Crippen LogP contribution in [0.25, 0.3) is 0 Å². The largest absolute Gasteiger partial charge is 0.377 e. The van der Waals surface area contributed by atoms with Crippen LogP contribution in [0.1, 0.15) is 11.4 Å². The van der Waals surface area contributed by atoms with Crippen LogP contribution in [0.5, 0.6) is 0 Å². The highest BCUT2D eigenvalue weighted by Crippen LogP contribution is 2.11. The summed E-state index contributed by atoms with van der Waals surface area (Å²) in [6, 6.07) is 1.87. The maximum Gasteiger partial charge on any atom is 0.158 e. The first-order valence-corrected chi connectivity index (χ1v) is 6.49. The highest BCUT2D eigenvalue weighted by atomic mass is 16.5. The first-order valence-electron chi connectivity index (χ1n) is 6.49. The van der Waals surface area contributed by atoms with Crippen molar-refractivity contribution >= 4 is 11.6 Å². The van der Waals surface area contributed by atoms with E-state index in [2.05, 4.69) is 25.7 Å².